The highest BCUT2D eigenvalue weighted by atomic mass is 32.1. The molecule has 0 fully saturated rings. The fourth-order valence-corrected chi connectivity index (χ4v) is 5.07. The molecule has 1 aliphatic rings. The first kappa shape index (κ1) is 18.5. The molecule has 4 rings (SSSR count). The molecule has 0 unspecified atom stereocenters. The number of nitrogens with zero attached hydrogens (tertiary/aromatic N) is 1. The maximum atomic E-state index is 13.3. The predicted octanol–water partition coefficient (Wildman–Crippen LogP) is 4.94. The number of nitrogens with one attached hydrogen (secondary N) is 2. The summed E-state index contributed by atoms with van der Waals surface area (Å²) >= 11 is 1.72. The van der Waals surface area contributed by atoms with Crippen molar-refractivity contribution >= 4 is 34.5 Å². The summed E-state index contributed by atoms with van der Waals surface area (Å²) < 4.78 is 2.03. The van der Waals surface area contributed by atoms with E-state index >= 15 is 0 Å². The average molecular weight is 394 g/mol. The Morgan fingerprint density at radius 3 is 2.39 bits per heavy atom. The van der Waals surface area contributed by atoms with E-state index in [-0.39, 0.29) is 11.8 Å². The van der Waals surface area contributed by atoms with Gasteiger partial charge >= 0.3 is 0 Å². The van der Waals surface area contributed by atoms with Crippen LogP contribution in [0.5, 0.6) is 0 Å². The van der Waals surface area contributed by atoms with Gasteiger partial charge in [0, 0.05) is 35.6 Å². The number of hydrogen-bond acceptors (Lipinski definition) is 3. The molecule has 0 bridgehead atoms. The van der Waals surface area contributed by atoms with E-state index in [0.29, 0.717) is 11.4 Å². The van der Waals surface area contributed by atoms with Crippen molar-refractivity contribution in [3.63, 3.8) is 0 Å². The third-order valence-corrected chi connectivity index (χ3v) is 6.42. The summed E-state index contributed by atoms with van der Waals surface area (Å²) in [7, 11) is 0. The molecule has 1 aliphatic carbocycles. The number of aryl methyl sites for hydroxylation is 1. The molecule has 0 radical (unpaired) electrons. The number of carbonyl (C=O) groups excluding carboxylic acids is 2. The Bertz CT molecular complexity index is 1030. The molecular weight excluding hydrogens is 370 g/mol. The smallest absolute Gasteiger partial charge is 0.258 e. The van der Waals surface area contributed by atoms with Crippen LogP contribution in [0.2, 0.25) is 0 Å². The lowest BCUT2D eigenvalue weighted by molar-refractivity contribution is -0.114. The van der Waals surface area contributed by atoms with Crippen LogP contribution in [0.3, 0.4) is 0 Å². The third-order valence-electron chi connectivity index (χ3n) is 5.11. The number of hydrogen-bond donors (Lipinski definition) is 2. The first-order valence-corrected chi connectivity index (χ1v) is 10.3. The molecule has 6 heteroatoms. The molecule has 0 atom stereocenters. The van der Waals surface area contributed by atoms with Crippen molar-refractivity contribution in [2.45, 2.75) is 39.5 Å². The van der Waals surface area contributed by atoms with Crippen molar-refractivity contribution in [3.8, 4) is 5.00 Å². The molecule has 0 aliphatic heterocycles. The molecule has 144 valence electrons. The summed E-state index contributed by atoms with van der Waals surface area (Å²) in [6.07, 6.45) is 8.25. The van der Waals surface area contributed by atoms with Gasteiger partial charge in [-0.3, -0.25) is 9.59 Å². The summed E-state index contributed by atoms with van der Waals surface area (Å²) in [5.74, 6) is -0.223. The second-order valence-electron chi connectivity index (χ2n) is 7.09. The summed E-state index contributed by atoms with van der Waals surface area (Å²) in [5, 5.41) is 6.87. The van der Waals surface area contributed by atoms with E-state index < -0.39 is 0 Å². The van der Waals surface area contributed by atoms with Gasteiger partial charge in [-0.05, 0) is 68.0 Å². The second kappa shape index (κ2) is 7.64. The van der Waals surface area contributed by atoms with E-state index in [9.17, 15) is 9.59 Å². The molecule has 0 saturated heterocycles. The van der Waals surface area contributed by atoms with Crippen molar-refractivity contribution in [1.82, 2.24) is 4.57 Å². The van der Waals surface area contributed by atoms with Gasteiger partial charge in [0.25, 0.3) is 5.91 Å². The van der Waals surface area contributed by atoms with Crippen LogP contribution >= 0.6 is 11.3 Å². The molecule has 2 heterocycles. The first-order valence-electron chi connectivity index (χ1n) is 9.51. The van der Waals surface area contributed by atoms with Crippen molar-refractivity contribution < 1.29 is 9.59 Å². The highest BCUT2D eigenvalue weighted by molar-refractivity contribution is 7.15. The zero-order chi connectivity index (χ0) is 19.7. The van der Waals surface area contributed by atoms with E-state index in [2.05, 4.69) is 10.6 Å². The minimum atomic E-state index is -0.131. The maximum absolute atomic E-state index is 13.3. The minimum absolute atomic E-state index is 0.0915. The quantitative estimate of drug-likeness (QED) is 0.660. The van der Waals surface area contributed by atoms with Crippen molar-refractivity contribution in [2.75, 3.05) is 10.6 Å². The van der Waals surface area contributed by atoms with Crippen LogP contribution in [0, 0.1) is 6.92 Å². The molecule has 5 nitrogen and oxygen atoms in total. The highest BCUT2D eigenvalue weighted by Crippen LogP contribution is 2.37. The van der Waals surface area contributed by atoms with Gasteiger partial charge < -0.3 is 15.2 Å². The number of carbonyl (C=O) groups is 2. The molecule has 2 amide bonds. The van der Waals surface area contributed by atoms with Gasteiger partial charge in [-0.25, -0.2) is 0 Å². The number of benzene rings is 1. The lowest BCUT2D eigenvalue weighted by atomic mass is 9.95. The standard InChI is InChI=1S/C22H23N3O2S/c1-14-17(23-15(2)26)9-7-10-18(14)24-21(27)20-16-8-3-4-11-19(16)28-22(20)25-12-5-6-13-25/h5-7,9-10,12-13H,3-4,8,11H2,1-2H3,(H,23,26)(H,24,27). The van der Waals surface area contributed by atoms with Gasteiger partial charge in [-0.2, -0.15) is 0 Å². The number of amides is 2. The first-order chi connectivity index (χ1) is 13.5. The van der Waals surface area contributed by atoms with Crippen molar-refractivity contribution in [1.29, 1.82) is 0 Å². The fraction of sp³-hybridized carbons (Fsp3) is 0.273. The van der Waals surface area contributed by atoms with Crippen LogP contribution in [0.4, 0.5) is 11.4 Å². The zero-order valence-electron chi connectivity index (χ0n) is 16.0. The van der Waals surface area contributed by atoms with Crippen LogP contribution in [0.25, 0.3) is 5.00 Å². The normalized spacial score (nSPS) is 13.1. The van der Waals surface area contributed by atoms with Crippen LogP contribution in [0.15, 0.2) is 42.7 Å². The fourth-order valence-electron chi connectivity index (χ4n) is 3.72. The Balaban J connectivity index is 1.71. The number of aromatic nitrogens is 1. The molecule has 3 aromatic rings. The van der Waals surface area contributed by atoms with Crippen LogP contribution in [-0.2, 0) is 17.6 Å². The predicted molar refractivity (Wildman–Crippen MR) is 114 cm³/mol. The van der Waals surface area contributed by atoms with Crippen LogP contribution < -0.4 is 10.6 Å². The Hall–Kier alpha value is -2.86. The van der Waals surface area contributed by atoms with Crippen molar-refractivity contribution in [2.24, 2.45) is 0 Å². The molecule has 0 saturated carbocycles. The third kappa shape index (κ3) is 3.47. The highest BCUT2D eigenvalue weighted by Gasteiger charge is 2.26. The zero-order valence-corrected chi connectivity index (χ0v) is 16.9. The summed E-state index contributed by atoms with van der Waals surface area (Å²) in [6.45, 7) is 3.38. The van der Waals surface area contributed by atoms with Gasteiger partial charge in [0.1, 0.15) is 5.00 Å². The summed E-state index contributed by atoms with van der Waals surface area (Å²) in [6, 6.07) is 9.49. The van der Waals surface area contributed by atoms with Gasteiger partial charge in [-0.15, -0.1) is 11.3 Å². The number of thiophene rings is 1. The summed E-state index contributed by atoms with van der Waals surface area (Å²) in [4.78, 5) is 26.1. The number of anilines is 2. The molecule has 2 N–H and O–H groups in total. The van der Waals surface area contributed by atoms with Crippen LogP contribution in [0.1, 0.15) is 46.1 Å². The topological polar surface area (TPSA) is 63.1 Å². The SMILES string of the molecule is CC(=O)Nc1cccc(NC(=O)c2c(-n3cccc3)sc3c2CCCC3)c1C. The lowest BCUT2D eigenvalue weighted by Crippen LogP contribution is -2.17. The van der Waals surface area contributed by atoms with E-state index in [0.717, 1.165) is 35.4 Å². The number of rotatable bonds is 4. The van der Waals surface area contributed by atoms with Crippen LogP contribution in [-0.4, -0.2) is 16.4 Å². The van der Waals surface area contributed by atoms with Crippen molar-refractivity contribution in [3.05, 3.63) is 64.3 Å². The molecule has 2 aromatic heterocycles. The minimum Gasteiger partial charge on any atom is -0.326 e. The number of fused-ring (bicyclic) bond motifs is 1. The monoisotopic (exact) mass is 393 g/mol. The summed E-state index contributed by atoms with van der Waals surface area (Å²) in [5.41, 5.74) is 4.24. The maximum Gasteiger partial charge on any atom is 0.258 e. The molecular formula is C22H23N3O2S. The van der Waals surface area contributed by atoms with E-state index in [1.807, 2.05) is 54.2 Å². The largest absolute Gasteiger partial charge is 0.326 e. The lowest BCUT2D eigenvalue weighted by Gasteiger charge is -2.15. The Labute approximate surface area is 168 Å². The van der Waals surface area contributed by atoms with E-state index in [1.165, 1.54) is 23.8 Å². The molecule has 0 spiro atoms. The van der Waals surface area contributed by atoms with Gasteiger partial charge in [0.15, 0.2) is 0 Å². The Kier molecular flexibility index (Phi) is 5.05. The van der Waals surface area contributed by atoms with Gasteiger partial charge in [-0.1, -0.05) is 6.07 Å². The molecule has 1 aromatic carbocycles. The average Bonchev–Trinajstić information content (AvgIpc) is 3.31. The molecule has 28 heavy (non-hydrogen) atoms. The second-order valence-corrected chi connectivity index (χ2v) is 8.18. The Morgan fingerprint density at radius 2 is 1.68 bits per heavy atom. The Morgan fingerprint density at radius 1 is 1.00 bits per heavy atom. The van der Waals surface area contributed by atoms with Gasteiger partial charge in [0.05, 0.1) is 5.56 Å². The van der Waals surface area contributed by atoms with E-state index in [4.69, 9.17) is 0 Å². The van der Waals surface area contributed by atoms with Gasteiger partial charge in [0.2, 0.25) is 5.91 Å². The van der Waals surface area contributed by atoms with E-state index in [1.54, 1.807) is 11.3 Å².